The molecule has 5 nitrogen and oxygen atoms in total. The number of hydrogen-bond acceptors (Lipinski definition) is 5. The Kier molecular flexibility index (Phi) is 5.58. The number of carboxylic acids is 1. The Balaban J connectivity index is 2.02. The van der Waals surface area contributed by atoms with E-state index in [2.05, 4.69) is 28.6 Å². The van der Waals surface area contributed by atoms with E-state index in [4.69, 9.17) is 0 Å². The first-order valence-corrected chi connectivity index (χ1v) is 8.55. The minimum Gasteiger partial charge on any atom is -0.481 e. The summed E-state index contributed by atoms with van der Waals surface area (Å²) in [7, 11) is 0. The highest BCUT2D eigenvalue weighted by Gasteiger charge is 2.32. The number of likely N-dealkylation sites (tertiary alicyclic amines) is 1. The van der Waals surface area contributed by atoms with Crippen molar-refractivity contribution >= 4 is 22.4 Å². The summed E-state index contributed by atoms with van der Waals surface area (Å²) in [5.74, 6) is -0.908. The maximum Gasteiger partial charge on any atom is 0.308 e. The molecule has 6 heteroatoms. The summed E-state index contributed by atoms with van der Waals surface area (Å²) in [4.78, 5) is 21.5. The molecule has 21 heavy (non-hydrogen) atoms. The molecule has 2 atom stereocenters. The smallest absolute Gasteiger partial charge is 0.308 e. The molecule has 0 saturated carbocycles. The average molecular weight is 311 g/mol. The van der Waals surface area contributed by atoms with Gasteiger partial charge >= 0.3 is 5.97 Å². The predicted octanol–water partition coefficient (Wildman–Crippen LogP) is 2.67. The minimum absolute atomic E-state index is 0.0928. The zero-order valence-corrected chi connectivity index (χ0v) is 13.9. The van der Waals surface area contributed by atoms with Gasteiger partial charge in [0.15, 0.2) is 5.13 Å². The second-order valence-corrected chi connectivity index (χ2v) is 6.67. The van der Waals surface area contributed by atoms with E-state index in [-0.39, 0.29) is 12.0 Å². The molecule has 2 heterocycles. The molecule has 1 aliphatic rings. The van der Waals surface area contributed by atoms with Crippen LogP contribution in [0.25, 0.3) is 0 Å². The van der Waals surface area contributed by atoms with E-state index in [1.54, 1.807) is 11.3 Å². The van der Waals surface area contributed by atoms with Crippen molar-refractivity contribution in [3.05, 3.63) is 11.1 Å². The number of aromatic nitrogens is 1. The molecule has 0 unspecified atom stereocenters. The van der Waals surface area contributed by atoms with Gasteiger partial charge in [0.1, 0.15) is 0 Å². The van der Waals surface area contributed by atoms with Crippen LogP contribution >= 0.6 is 11.3 Å². The van der Waals surface area contributed by atoms with Crippen molar-refractivity contribution in [1.29, 1.82) is 0 Å². The molecule has 1 fully saturated rings. The summed E-state index contributed by atoms with van der Waals surface area (Å²) in [5.41, 5.74) is 0. The first-order valence-electron chi connectivity index (χ1n) is 7.73. The van der Waals surface area contributed by atoms with Crippen LogP contribution in [0.3, 0.4) is 0 Å². The number of carboxylic acid groups (broad SMARTS) is 1. The van der Waals surface area contributed by atoms with Crippen molar-refractivity contribution in [3.8, 4) is 0 Å². The highest BCUT2D eigenvalue weighted by molar-refractivity contribution is 7.15. The molecule has 1 aliphatic heterocycles. The fraction of sp³-hybridized carbons (Fsp3) is 0.733. The average Bonchev–Trinajstić information content (AvgIpc) is 2.91. The summed E-state index contributed by atoms with van der Waals surface area (Å²) >= 11 is 1.72. The van der Waals surface area contributed by atoms with Crippen LogP contribution in [0.5, 0.6) is 0 Å². The minimum atomic E-state index is -0.666. The Bertz CT molecular complexity index is 473. The van der Waals surface area contributed by atoms with Gasteiger partial charge in [-0.3, -0.25) is 9.69 Å². The molecule has 0 spiro atoms. The van der Waals surface area contributed by atoms with Crippen molar-refractivity contribution < 1.29 is 9.90 Å². The number of hydrogen-bond donors (Lipinski definition) is 1. The van der Waals surface area contributed by atoms with Crippen LogP contribution in [0.15, 0.2) is 6.20 Å². The lowest BCUT2D eigenvalue weighted by Crippen LogP contribution is -2.45. The molecule has 0 radical (unpaired) electrons. The van der Waals surface area contributed by atoms with Crippen LogP contribution in [0, 0.1) is 5.92 Å². The Morgan fingerprint density at radius 3 is 2.86 bits per heavy atom. The lowest BCUT2D eigenvalue weighted by atomic mass is 9.90. The highest BCUT2D eigenvalue weighted by Crippen LogP contribution is 2.28. The van der Waals surface area contributed by atoms with Crippen molar-refractivity contribution in [1.82, 2.24) is 9.88 Å². The lowest BCUT2D eigenvalue weighted by molar-refractivity contribution is -0.145. The first kappa shape index (κ1) is 16.2. The third-order valence-corrected chi connectivity index (χ3v) is 5.41. The van der Waals surface area contributed by atoms with Gasteiger partial charge in [0.25, 0.3) is 0 Å². The standard InChI is InChI=1S/C15H25N3O2S/c1-4-17(5-2)15-16-9-12(21-15)10-18-8-6-7-13(11(18)3)14(19)20/h9,11,13H,4-8,10H2,1-3H3,(H,19,20)/t11-,13-/m0/s1. The van der Waals surface area contributed by atoms with Crippen LogP contribution in [-0.4, -0.2) is 46.6 Å². The third kappa shape index (κ3) is 3.74. The van der Waals surface area contributed by atoms with E-state index in [1.165, 1.54) is 4.88 Å². The number of carbonyl (C=O) groups is 1. The fourth-order valence-electron chi connectivity index (χ4n) is 2.98. The summed E-state index contributed by atoms with van der Waals surface area (Å²) in [6, 6.07) is 0.0928. The quantitative estimate of drug-likeness (QED) is 0.875. The molecule has 0 bridgehead atoms. The van der Waals surface area contributed by atoms with Crippen molar-refractivity contribution in [2.45, 2.75) is 46.2 Å². The monoisotopic (exact) mass is 311 g/mol. The number of anilines is 1. The van der Waals surface area contributed by atoms with Gasteiger partial charge in [-0.15, -0.1) is 11.3 Å². The van der Waals surface area contributed by atoms with Gasteiger partial charge in [0.05, 0.1) is 5.92 Å². The van der Waals surface area contributed by atoms with E-state index in [9.17, 15) is 9.90 Å². The number of aliphatic carboxylic acids is 1. The Hall–Kier alpha value is -1.14. The van der Waals surface area contributed by atoms with Crippen molar-refractivity contribution in [3.63, 3.8) is 0 Å². The molecule has 1 N–H and O–H groups in total. The fourth-order valence-corrected chi connectivity index (χ4v) is 4.04. The topological polar surface area (TPSA) is 56.7 Å². The van der Waals surface area contributed by atoms with Crippen LogP contribution in [0.2, 0.25) is 0 Å². The van der Waals surface area contributed by atoms with E-state index >= 15 is 0 Å². The van der Waals surface area contributed by atoms with Crippen molar-refractivity contribution in [2.75, 3.05) is 24.5 Å². The molecule has 118 valence electrons. The Morgan fingerprint density at radius 1 is 1.52 bits per heavy atom. The largest absolute Gasteiger partial charge is 0.481 e. The Morgan fingerprint density at radius 2 is 2.24 bits per heavy atom. The Labute approximate surface area is 130 Å². The molecule has 2 rings (SSSR count). The van der Waals surface area contributed by atoms with E-state index in [1.807, 2.05) is 13.1 Å². The molecule has 1 aromatic rings. The summed E-state index contributed by atoms with van der Waals surface area (Å²) in [6.45, 7) is 10.0. The lowest BCUT2D eigenvalue weighted by Gasteiger charge is -2.37. The van der Waals surface area contributed by atoms with Crippen molar-refractivity contribution in [2.24, 2.45) is 5.92 Å². The molecule has 0 aromatic carbocycles. The van der Waals surface area contributed by atoms with Gasteiger partial charge < -0.3 is 10.0 Å². The second-order valence-electron chi connectivity index (χ2n) is 5.58. The number of rotatable bonds is 6. The summed E-state index contributed by atoms with van der Waals surface area (Å²) in [5, 5.41) is 10.4. The SMILES string of the molecule is CCN(CC)c1ncc(CN2CCC[C@H](C(=O)O)[C@@H]2C)s1. The predicted molar refractivity (Wildman–Crippen MR) is 85.9 cm³/mol. The second kappa shape index (κ2) is 7.22. The first-order chi connectivity index (χ1) is 10.1. The van der Waals surface area contributed by atoms with Gasteiger partial charge in [-0.05, 0) is 40.2 Å². The van der Waals surface area contributed by atoms with Gasteiger partial charge in [-0.2, -0.15) is 0 Å². The van der Waals surface area contributed by atoms with Crippen LogP contribution in [-0.2, 0) is 11.3 Å². The molecular weight excluding hydrogens is 286 g/mol. The van der Waals surface area contributed by atoms with Gasteiger partial charge in [0.2, 0.25) is 0 Å². The molecule has 0 amide bonds. The van der Waals surface area contributed by atoms with E-state index in [0.717, 1.165) is 44.2 Å². The number of nitrogens with zero attached hydrogens (tertiary/aromatic N) is 3. The van der Waals surface area contributed by atoms with Gasteiger partial charge in [0, 0.05) is 36.8 Å². The maximum absolute atomic E-state index is 11.3. The van der Waals surface area contributed by atoms with E-state index in [0.29, 0.717) is 0 Å². The highest BCUT2D eigenvalue weighted by atomic mass is 32.1. The normalized spacial score (nSPS) is 23.2. The molecule has 1 saturated heterocycles. The maximum atomic E-state index is 11.3. The summed E-state index contributed by atoms with van der Waals surface area (Å²) < 4.78 is 0. The van der Waals surface area contributed by atoms with Crippen LogP contribution in [0.1, 0.15) is 38.5 Å². The third-order valence-electron chi connectivity index (χ3n) is 4.37. The van der Waals surface area contributed by atoms with Gasteiger partial charge in [-0.25, -0.2) is 4.98 Å². The molecule has 0 aliphatic carbocycles. The van der Waals surface area contributed by atoms with Gasteiger partial charge in [-0.1, -0.05) is 0 Å². The number of piperidine rings is 1. The zero-order valence-electron chi connectivity index (χ0n) is 13.1. The van der Waals surface area contributed by atoms with E-state index < -0.39 is 5.97 Å². The summed E-state index contributed by atoms with van der Waals surface area (Å²) in [6.07, 6.45) is 3.69. The molecule has 1 aromatic heterocycles. The zero-order chi connectivity index (χ0) is 15.4. The number of thiazole rings is 1. The van der Waals surface area contributed by atoms with Crippen LogP contribution < -0.4 is 4.90 Å². The molecular formula is C15H25N3O2S. The van der Waals surface area contributed by atoms with Crippen LogP contribution in [0.4, 0.5) is 5.13 Å².